The van der Waals surface area contributed by atoms with Gasteiger partial charge >= 0.3 is 0 Å². The van der Waals surface area contributed by atoms with E-state index in [1.807, 2.05) is 0 Å². The van der Waals surface area contributed by atoms with Crippen LogP contribution in [0.25, 0.3) is 0 Å². The molecule has 0 aromatic carbocycles. The molecule has 0 radical (unpaired) electrons. The molecular formula is C4H4N4O2S. The fraction of sp³-hybridized carbons (Fsp3) is 0.250. The second-order valence-electron chi connectivity index (χ2n) is 2.00. The zero-order valence-electron chi connectivity index (χ0n) is 5.35. The van der Waals surface area contributed by atoms with Crippen molar-refractivity contribution in [2.45, 2.75) is 0 Å². The number of fused-ring (bicyclic) bond motifs is 1. The lowest BCUT2D eigenvalue weighted by atomic mass is 10.4. The summed E-state index contributed by atoms with van der Waals surface area (Å²) in [5.74, 6) is 0. The first kappa shape index (κ1) is 6.62. The highest BCUT2D eigenvalue weighted by Crippen LogP contribution is 2.04. The molecule has 1 N–H and O–H groups in total. The number of hydrogen-bond acceptors (Lipinski definition) is 5. The fourth-order valence-corrected chi connectivity index (χ4v) is 1.73. The molecule has 0 bridgehead atoms. The number of rotatable bonds is 0. The van der Waals surface area contributed by atoms with Crippen LogP contribution in [0.3, 0.4) is 0 Å². The van der Waals surface area contributed by atoms with Gasteiger partial charge in [0, 0.05) is 0 Å². The van der Waals surface area contributed by atoms with Gasteiger partial charge in [-0.3, -0.25) is 4.99 Å². The van der Waals surface area contributed by atoms with Crippen LogP contribution in [0.4, 0.5) is 0 Å². The molecule has 0 unspecified atom stereocenters. The predicted molar refractivity (Wildman–Crippen MR) is 40.3 cm³/mol. The Labute approximate surface area is 62.8 Å². The van der Waals surface area contributed by atoms with Gasteiger partial charge in [-0.05, 0) is 0 Å². The van der Waals surface area contributed by atoms with Gasteiger partial charge in [-0.1, -0.05) is 0 Å². The summed E-state index contributed by atoms with van der Waals surface area (Å²) >= 11 is 0. The lowest BCUT2D eigenvalue weighted by Gasteiger charge is -2.08. The normalized spacial score (nSPS) is 25.8. The van der Waals surface area contributed by atoms with E-state index in [-0.39, 0.29) is 11.7 Å². The maximum atomic E-state index is 11.1. The molecule has 2 aliphatic rings. The summed E-state index contributed by atoms with van der Waals surface area (Å²) in [6.45, 7) is 0.0721. The highest BCUT2D eigenvalue weighted by molar-refractivity contribution is 8.07. The number of sulfonamides is 1. The first-order chi connectivity index (χ1) is 5.20. The Balaban J connectivity index is 2.61. The molecule has 0 aromatic rings. The highest BCUT2D eigenvalue weighted by atomic mass is 32.2. The second kappa shape index (κ2) is 1.95. The largest absolute Gasteiger partial charge is 0.264 e. The minimum absolute atomic E-state index is 0.0721. The Morgan fingerprint density at radius 2 is 2.36 bits per heavy atom. The van der Waals surface area contributed by atoms with Crippen molar-refractivity contribution in [1.29, 1.82) is 0 Å². The van der Waals surface area contributed by atoms with Crippen LogP contribution in [0.15, 0.2) is 15.2 Å². The monoisotopic (exact) mass is 172 g/mol. The molecule has 0 aliphatic carbocycles. The third-order valence-electron chi connectivity index (χ3n) is 1.31. The van der Waals surface area contributed by atoms with Crippen LogP contribution in [0.2, 0.25) is 0 Å². The van der Waals surface area contributed by atoms with Crippen molar-refractivity contribution in [1.82, 2.24) is 4.72 Å². The molecule has 0 saturated carbocycles. The maximum absolute atomic E-state index is 11.1. The predicted octanol–water partition coefficient (Wildman–Crippen LogP) is -1.28. The van der Waals surface area contributed by atoms with Crippen LogP contribution in [-0.2, 0) is 10.0 Å². The zero-order valence-corrected chi connectivity index (χ0v) is 6.17. The zero-order chi connectivity index (χ0) is 7.90. The van der Waals surface area contributed by atoms with Gasteiger partial charge in [0.25, 0.3) is 10.0 Å². The second-order valence-corrected chi connectivity index (χ2v) is 3.68. The fourth-order valence-electron chi connectivity index (χ4n) is 0.813. The Morgan fingerprint density at radius 1 is 1.55 bits per heavy atom. The molecule has 2 aliphatic heterocycles. The van der Waals surface area contributed by atoms with Gasteiger partial charge in [0.1, 0.15) is 12.4 Å². The Bertz CT molecular complexity index is 377. The van der Waals surface area contributed by atoms with Gasteiger partial charge in [0.05, 0.1) is 6.21 Å². The van der Waals surface area contributed by atoms with Gasteiger partial charge in [-0.25, -0.2) is 8.42 Å². The lowest BCUT2D eigenvalue weighted by Crippen LogP contribution is -2.39. The van der Waals surface area contributed by atoms with Gasteiger partial charge in [0.15, 0.2) is 0 Å². The highest BCUT2D eigenvalue weighted by Gasteiger charge is 2.29. The molecule has 0 saturated heterocycles. The van der Waals surface area contributed by atoms with E-state index in [0.29, 0.717) is 5.71 Å². The average Bonchev–Trinajstić information content (AvgIpc) is 2.34. The van der Waals surface area contributed by atoms with E-state index in [1.54, 1.807) is 0 Å². The van der Waals surface area contributed by atoms with E-state index in [0.717, 1.165) is 0 Å². The van der Waals surface area contributed by atoms with Gasteiger partial charge in [-0.2, -0.15) is 9.82 Å². The molecule has 0 spiro atoms. The molecule has 0 amide bonds. The molecule has 0 aromatic heterocycles. The topological polar surface area (TPSA) is 83.2 Å². The van der Waals surface area contributed by atoms with Crippen LogP contribution in [-0.4, -0.2) is 32.1 Å². The number of aliphatic imine (C=N–C) groups is 1. The van der Waals surface area contributed by atoms with Crippen LogP contribution in [0, 0.1) is 0 Å². The number of nitrogens with one attached hydrogen (secondary N) is 1. The molecule has 2 heterocycles. The van der Waals surface area contributed by atoms with E-state index in [2.05, 4.69) is 19.9 Å². The summed E-state index contributed by atoms with van der Waals surface area (Å²) in [7, 11) is -3.42. The van der Waals surface area contributed by atoms with E-state index in [4.69, 9.17) is 0 Å². The smallest absolute Gasteiger partial charge is 0.263 e. The molecule has 11 heavy (non-hydrogen) atoms. The molecule has 6 nitrogen and oxygen atoms in total. The van der Waals surface area contributed by atoms with Crippen molar-refractivity contribution in [3.8, 4) is 0 Å². The minimum atomic E-state index is -3.42. The molecule has 2 rings (SSSR count). The van der Waals surface area contributed by atoms with Gasteiger partial charge in [-0.15, -0.1) is 5.10 Å². The van der Waals surface area contributed by atoms with E-state index in [9.17, 15) is 8.42 Å². The molecule has 7 heteroatoms. The first-order valence-corrected chi connectivity index (χ1v) is 4.34. The van der Waals surface area contributed by atoms with Crippen molar-refractivity contribution in [3.63, 3.8) is 0 Å². The van der Waals surface area contributed by atoms with Crippen LogP contribution in [0.1, 0.15) is 0 Å². The van der Waals surface area contributed by atoms with Crippen LogP contribution < -0.4 is 4.72 Å². The quantitative estimate of drug-likeness (QED) is 0.493. The van der Waals surface area contributed by atoms with E-state index < -0.39 is 10.0 Å². The van der Waals surface area contributed by atoms with Crippen molar-refractivity contribution in [2.75, 3.05) is 6.67 Å². The van der Waals surface area contributed by atoms with Crippen molar-refractivity contribution in [3.05, 3.63) is 0 Å². The van der Waals surface area contributed by atoms with Crippen molar-refractivity contribution < 1.29 is 8.42 Å². The van der Waals surface area contributed by atoms with Gasteiger partial charge < -0.3 is 0 Å². The summed E-state index contributed by atoms with van der Waals surface area (Å²) in [4.78, 5) is 3.83. The third-order valence-corrected chi connectivity index (χ3v) is 2.62. The SMILES string of the molecule is O=S1(=O)NCN=C2C=NN=C21. The summed E-state index contributed by atoms with van der Waals surface area (Å²) < 4.78 is 24.3. The van der Waals surface area contributed by atoms with Crippen molar-refractivity contribution >= 4 is 27.0 Å². The summed E-state index contributed by atoms with van der Waals surface area (Å²) in [6.07, 6.45) is 1.33. The standard InChI is InChI=1S/C4H4N4O2S/c9-11(10)4-3(1-6-8-4)5-2-7-11/h1,7H,2H2. The van der Waals surface area contributed by atoms with Crippen LogP contribution >= 0.6 is 0 Å². The van der Waals surface area contributed by atoms with Gasteiger partial charge in [0.2, 0.25) is 5.04 Å². The van der Waals surface area contributed by atoms with Crippen molar-refractivity contribution in [2.24, 2.45) is 15.2 Å². The molecule has 0 atom stereocenters. The minimum Gasteiger partial charge on any atom is -0.264 e. The third kappa shape index (κ3) is 0.889. The molecule has 0 fully saturated rings. The Morgan fingerprint density at radius 3 is 3.09 bits per heavy atom. The molecule has 58 valence electrons. The van der Waals surface area contributed by atoms with E-state index in [1.165, 1.54) is 6.21 Å². The first-order valence-electron chi connectivity index (χ1n) is 2.86. The summed E-state index contributed by atoms with van der Waals surface area (Å²) in [6, 6.07) is 0. The van der Waals surface area contributed by atoms with Crippen LogP contribution in [0.5, 0.6) is 0 Å². The Kier molecular flexibility index (Phi) is 1.18. The number of hydrogen-bond donors (Lipinski definition) is 1. The maximum Gasteiger partial charge on any atom is 0.263 e. The summed E-state index contributed by atoms with van der Waals surface area (Å²) in [5, 5.41) is 6.77. The van der Waals surface area contributed by atoms with E-state index >= 15 is 0 Å². The molecular weight excluding hydrogens is 168 g/mol. The average molecular weight is 172 g/mol. The summed E-state index contributed by atoms with van der Waals surface area (Å²) in [5.41, 5.74) is 0.337. The number of nitrogens with zero attached hydrogens (tertiary/aromatic N) is 3. The lowest BCUT2D eigenvalue weighted by molar-refractivity contribution is 0.594. The Hall–Kier alpha value is -1.08.